The van der Waals surface area contributed by atoms with E-state index in [0.29, 0.717) is 16.4 Å². The molecule has 0 saturated heterocycles. The molecule has 0 aliphatic carbocycles. The maximum atomic E-state index is 11.7. The van der Waals surface area contributed by atoms with Gasteiger partial charge in [0.1, 0.15) is 0 Å². The lowest BCUT2D eigenvalue weighted by Crippen LogP contribution is -2.18. The van der Waals surface area contributed by atoms with Crippen LogP contribution in [0.3, 0.4) is 0 Å². The zero-order chi connectivity index (χ0) is 13.2. The van der Waals surface area contributed by atoms with Crippen molar-refractivity contribution in [2.24, 2.45) is 0 Å². The lowest BCUT2D eigenvalue weighted by atomic mass is 10.2. The van der Waals surface area contributed by atoms with Gasteiger partial charge in [-0.3, -0.25) is 9.24 Å². The number of rotatable bonds is 3. The first-order valence-corrected chi connectivity index (χ1v) is 7.97. The minimum absolute atomic E-state index is 0.318. The molecule has 0 N–H and O–H groups in total. The standard InChI is InChI=1S/C12H10Cl2NO2P/c13-11-8-4-5-9-12(11)15(18(14,16)17)10-6-2-1-3-7-10/h1-9H,(H,16,17)/p-1. The van der Waals surface area contributed by atoms with Gasteiger partial charge in [-0.2, -0.15) is 0 Å². The first-order valence-electron chi connectivity index (χ1n) is 5.11. The second kappa shape index (κ2) is 5.33. The second-order valence-corrected chi connectivity index (χ2v) is 6.54. The van der Waals surface area contributed by atoms with Crippen molar-refractivity contribution in [1.29, 1.82) is 0 Å². The molecule has 0 amide bonds. The number of nitrogens with zero attached hydrogens (tertiary/aromatic N) is 1. The molecule has 2 aromatic rings. The summed E-state index contributed by atoms with van der Waals surface area (Å²) in [5.74, 6) is 0. The normalized spacial score (nSPS) is 13.9. The Morgan fingerprint density at radius 2 is 1.56 bits per heavy atom. The summed E-state index contributed by atoms with van der Waals surface area (Å²) >= 11 is 11.5. The van der Waals surface area contributed by atoms with Gasteiger partial charge < -0.3 is 4.89 Å². The predicted octanol–water partition coefficient (Wildman–Crippen LogP) is 4.19. The lowest BCUT2D eigenvalue weighted by Gasteiger charge is -2.33. The van der Waals surface area contributed by atoms with E-state index in [1.54, 1.807) is 54.6 Å². The zero-order valence-corrected chi connectivity index (χ0v) is 11.6. The summed E-state index contributed by atoms with van der Waals surface area (Å²) in [5.41, 5.74) is 0.776. The minimum Gasteiger partial charge on any atom is -0.771 e. The third-order valence-electron chi connectivity index (χ3n) is 2.32. The molecule has 0 fully saturated rings. The van der Waals surface area contributed by atoms with E-state index in [4.69, 9.17) is 22.8 Å². The Morgan fingerprint density at radius 1 is 1.00 bits per heavy atom. The van der Waals surface area contributed by atoms with Gasteiger partial charge >= 0.3 is 0 Å². The van der Waals surface area contributed by atoms with Crippen molar-refractivity contribution in [3.8, 4) is 0 Å². The Kier molecular flexibility index (Phi) is 3.98. The largest absolute Gasteiger partial charge is 0.771 e. The number of hydrogen-bond donors (Lipinski definition) is 0. The van der Waals surface area contributed by atoms with E-state index in [0.717, 1.165) is 4.67 Å². The van der Waals surface area contributed by atoms with Crippen molar-refractivity contribution in [2.45, 2.75) is 0 Å². The fraction of sp³-hybridized carbons (Fsp3) is 0. The molecule has 0 spiro atoms. The van der Waals surface area contributed by atoms with Crippen molar-refractivity contribution in [1.82, 2.24) is 0 Å². The van der Waals surface area contributed by atoms with E-state index in [1.807, 2.05) is 0 Å². The molecule has 3 nitrogen and oxygen atoms in total. The molecule has 0 bridgehead atoms. The summed E-state index contributed by atoms with van der Waals surface area (Å²) in [4.78, 5) is 11.7. The van der Waals surface area contributed by atoms with Gasteiger partial charge in [0.15, 0.2) is 6.87 Å². The van der Waals surface area contributed by atoms with Gasteiger partial charge in [-0.25, -0.2) is 0 Å². The van der Waals surface area contributed by atoms with Crippen molar-refractivity contribution in [3.63, 3.8) is 0 Å². The third-order valence-corrected chi connectivity index (χ3v) is 4.02. The summed E-state index contributed by atoms with van der Waals surface area (Å²) in [6.07, 6.45) is 0. The zero-order valence-electron chi connectivity index (χ0n) is 9.16. The van der Waals surface area contributed by atoms with E-state index >= 15 is 0 Å². The van der Waals surface area contributed by atoms with Crippen LogP contribution in [-0.4, -0.2) is 0 Å². The van der Waals surface area contributed by atoms with Crippen LogP contribution < -0.4 is 9.56 Å². The molecule has 1 atom stereocenters. The first-order chi connectivity index (χ1) is 8.50. The summed E-state index contributed by atoms with van der Waals surface area (Å²) < 4.78 is 12.8. The van der Waals surface area contributed by atoms with Crippen LogP contribution in [0.1, 0.15) is 0 Å². The van der Waals surface area contributed by atoms with E-state index in [9.17, 15) is 9.46 Å². The Morgan fingerprint density at radius 3 is 2.11 bits per heavy atom. The molecule has 0 aliphatic heterocycles. The Hall–Kier alpha value is -0.990. The maximum Gasteiger partial charge on any atom is 0.196 e. The lowest BCUT2D eigenvalue weighted by molar-refractivity contribution is -0.168. The average Bonchev–Trinajstić information content (AvgIpc) is 2.32. The summed E-state index contributed by atoms with van der Waals surface area (Å²) in [6.45, 7) is -4.28. The van der Waals surface area contributed by atoms with Crippen molar-refractivity contribution < 1.29 is 9.46 Å². The van der Waals surface area contributed by atoms with Crippen LogP contribution in [-0.2, 0) is 4.57 Å². The van der Waals surface area contributed by atoms with Crippen LogP contribution in [0, 0.1) is 0 Å². The topological polar surface area (TPSA) is 43.4 Å². The molecular formula is C12H9Cl2NO2P-. The fourth-order valence-electron chi connectivity index (χ4n) is 1.60. The highest BCUT2D eigenvalue weighted by Gasteiger charge is 2.21. The minimum atomic E-state index is -4.28. The number of anilines is 2. The smallest absolute Gasteiger partial charge is 0.196 e. The second-order valence-electron chi connectivity index (χ2n) is 3.55. The Labute approximate surface area is 115 Å². The van der Waals surface area contributed by atoms with Crippen molar-refractivity contribution >= 4 is 41.1 Å². The molecule has 0 saturated carbocycles. The molecule has 1 unspecified atom stereocenters. The van der Waals surface area contributed by atoms with Crippen LogP contribution in [0.25, 0.3) is 0 Å². The van der Waals surface area contributed by atoms with Gasteiger partial charge in [0.25, 0.3) is 0 Å². The van der Waals surface area contributed by atoms with Crippen LogP contribution >= 0.6 is 29.7 Å². The molecule has 0 aromatic heterocycles. The summed E-state index contributed by atoms with van der Waals surface area (Å²) in [6, 6.07) is 15.2. The number of para-hydroxylation sites is 2. The molecule has 0 aliphatic rings. The SMILES string of the molecule is O=P([O-])(Cl)N(c1ccccc1)c1ccccc1Cl. The summed E-state index contributed by atoms with van der Waals surface area (Å²) in [7, 11) is 0. The fourth-order valence-corrected chi connectivity index (χ4v) is 3.22. The van der Waals surface area contributed by atoms with Gasteiger partial charge in [-0.05, 0) is 35.5 Å². The molecular weight excluding hydrogens is 292 g/mol. The van der Waals surface area contributed by atoms with Crippen LogP contribution in [0.15, 0.2) is 54.6 Å². The molecule has 18 heavy (non-hydrogen) atoms. The van der Waals surface area contributed by atoms with Crippen LogP contribution in [0.4, 0.5) is 11.4 Å². The van der Waals surface area contributed by atoms with Crippen molar-refractivity contribution in [2.75, 3.05) is 4.67 Å². The highest BCUT2D eigenvalue weighted by Crippen LogP contribution is 2.54. The van der Waals surface area contributed by atoms with Crippen molar-refractivity contribution in [3.05, 3.63) is 59.6 Å². The number of benzene rings is 2. The van der Waals surface area contributed by atoms with Crippen LogP contribution in [0.2, 0.25) is 5.02 Å². The third kappa shape index (κ3) is 2.88. The molecule has 2 aromatic carbocycles. The Bertz CT molecular complexity index is 586. The van der Waals surface area contributed by atoms with Gasteiger partial charge in [0, 0.05) is 5.69 Å². The Balaban J connectivity index is 2.59. The predicted molar refractivity (Wildman–Crippen MR) is 73.5 cm³/mol. The average molecular weight is 301 g/mol. The molecule has 2 rings (SSSR count). The quantitative estimate of drug-likeness (QED) is 0.799. The van der Waals surface area contributed by atoms with E-state index in [1.165, 1.54) is 0 Å². The van der Waals surface area contributed by atoms with Gasteiger partial charge in [0.2, 0.25) is 0 Å². The molecule has 94 valence electrons. The molecule has 6 heteroatoms. The molecule has 0 heterocycles. The van der Waals surface area contributed by atoms with Crippen LogP contribution in [0.5, 0.6) is 0 Å². The van der Waals surface area contributed by atoms with E-state index in [-0.39, 0.29) is 0 Å². The highest BCUT2D eigenvalue weighted by atomic mass is 35.7. The monoisotopic (exact) mass is 300 g/mol. The number of halogens is 2. The molecule has 0 radical (unpaired) electrons. The first kappa shape index (κ1) is 13.4. The van der Waals surface area contributed by atoms with Gasteiger partial charge in [0.05, 0.1) is 10.7 Å². The maximum absolute atomic E-state index is 11.7. The summed E-state index contributed by atoms with van der Waals surface area (Å²) in [5, 5.41) is 0.318. The number of hydrogen-bond acceptors (Lipinski definition) is 2. The highest BCUT2D eigenvalue weighted by molar-refractivity contribution is 7.85. The van der Waals surface area contributed by atoms with Gasteiger partial charge in [-0.15, -0.1) is 0 Å². The van der Waals surface area contributed by atoms with E-state index < -0.39 is 6.87 Å². The van der Waals surface area contributed by atoms with E-state index in [2.05, 4.69) is 0 Å². The van der Waals surface area contributed by atoms with Gasteiger partial charge in [-0.1, -0.05) is 41.9 Å².